The lowest BCUT2D eigenvalue weighted by Gasteiger charge is -2.19. The smallest absolute Gasteiger partial charge is 0.141 e. The topological polar surface area (TPSA) is 9.86 Å². The van der Waals surface area contributed by atoms with Crippen molar-refractivity contribution in [3.63, 3.8) is 0 Å². The third kappa shape index (κ3) is 6.81. The second-order valence-corrected chi connectivity index (χ2v) is 19.1. The van der Waals surface area contributed by atoms with Crippen molar-refractivity contribution in [3.8, 4) is 67.0 Å². The first kappa shape index (κ1) is 42.6. The minimum atomic E-state index is 1.14. The summed E-state index contributed by atoms with van der Waals surface area (Å²) in [6.07, 6.45) is 0. The summed E-state index contributed by atoms with van der Waals surface area (Å²) in [7, 11) is 16.3. The number of rotatable bonds is 7. The van der Waals surface area contributed by atoms with Gasteiger partial charge in [-0.15, -0.1) is 5.46 Å². The molecule has 0 spiro atoms. The number of hydrogen-bond donors (Lipinski definition) is 0. The molecule has 12 rings (SSSR count). The minimum Gasteiger partial charge on any atom is -0.310 e. The van der Waals surface area contributed by atoms with Gasteiger partial charge in [-0.1, -0.05) is 191 Å². The van der Waals surface area contributed by atoms with Gasteiger partial charge in [-0.3, -0.25) is 0 Å². The average molecular weight is 872 g/mol. The van der Waals surface area contributed by atoms with Crippen LogP contribution in [-0.4, -0.2) is 64.1 Å². The molecule has 0 saturated carbocycles. The fraction of sp³-hybridized carbons (Fsp3) is 0. The van der Waals surface area contributed by atoms with E-state index in [9.17, 15) is 0 Å². The van der Waals surface area contributed by atoms with E-state index in [-0.39, 0.29) is 0 Å². The molecule has 2 nitrogen and oxygen atoms in total. The third-order valence-electron chi connectivity index (χ3n) is 15.5. The van der Waals surface area contributed by atoms with Crippen molar-refractivity contribution in [1.29, 1.82) is 0 Å². The van der Waals surface area contributed by atoms with E-state index < -0.39 is 0 Å². The van der Waals surface area contributed by atoms with Crippen LogP contribution in [0.25, 0.3) is 111 Å². The zero-order chi connectivity index (χ0) is 47.1. The van der Waals surface area contributed by atoms with E-state index in [4.69, 9.17) is 0 Å². The van der Waals surface area contributed by atoms with E-state index in [0.29, 0.717) is 0 Å². The molecule has 0 bridgehead atoms. The van der Waals surface area contributed by atoms with E-state index in [1.54, 1.807) is 0 Å². The molecule has 2 aromatic heterocycles. The van der Waals surface area contributed by atoms with Crippen molar-refractivity contribution in [2.75, 3.05) is 0 Å². The van der Waals surface area contributed by atoms with Crippen LogP contribution < -0.4 is 38.2 Å². The van der Waals surface area contributed by atoms with Crippen molar-refractivity contribution in [3.05, 3.63) is 200 Å². The zero-order valence-electron chi connectivity index (χ0n) is 40.4. The van der Waals surface area contributed by atoms with Crippen LogP contribution in [0.4, 0.5) is 0 Å². The highest BCUT2D eigenvalue weighted by Gasteiger charge is 2.26. The first-order valence-corrected chi connectivity index (χ1v) is 24.3. The Bertz CT molecular complexity index is 3990. The Morgan fingerprint density at radius 1 is 0.261 bits per heavy atom. The van der Waals surface area contributed by atoms with Gasteiger partial charge < -0.3 is 9.13 Å². The number of aromatic nitrogens is 2. The normalized spacial score (nSPS) is 11.6. The van der Waals surface area contributed by atoms with E-state index >= 15 is 0 Å². The fourth-order valence-corrected chi connectivity index (χ4v) is 11.5. The molecule has 0 atom stereocenters. The van der Waals surface area contributed by atoms with Crippen LogP contribution in [0.5, 0.6) is 0 Å². The van der Waals surface area contributed by atoms with Crippen LogP contribution in [0, 0.1) is 0 Å². The minimum absolute atomic E-state index is 1.14. The monoisotopic (exact) mass is 872 g/mol. The van der Waals surface area contributed by atoms with Crippen LogP contribution in [0.2, 0.25) is 0 Å². The zero-order valence-corrected chi connectivity index (χ0v) is 40.4. The van der Waals surface area contributed by atoms with Crippen molar-refractivity contribution >= 4 is 137 Å². The molecule has 2 heterocycles. The van der Waals surface area contributed by atoms with Gasteiger partial charge in [-0.25, -0.2) is 0 Å². The maximum absolute atomic E-state index is 2.58. The average Bonchev–Trinajstić information content (AvgIpc) is 3.94. The van der Waals surface area contributed by atoms with Crippen LogP contribution in [-0.2, 0) is 0 Å². The summed E-state index contributed by atoms with van der Waals surface area (Å²) in [6.45, 7) is 0. The van der Waals surface area contributed by atoms with Crippen molar-refractivity contribution in [2.24, 2.45) is 0 Å². The molecule has 0 aliphatic carbocycles. The molecule has 0 unspecified atom stereocenters. The molecule has 318 valence electrons. The molecule has 69 heavy (non-hydrogen) atoms. The summed E-state index contributed by atoms with van der Waals surface area (Å²) in [6, 6.07) is 73.4. The Morgan fingerprint density at radius 2 is 0.739 bits per heavy atom. The number of hydrogen-bond acceptors (Lipinski definition) is 0. The molecule has 0 saturated heterocycles. The van der Waals surface area contributed by atoms with Gasteiger partial charge in [0.05, 0.1) is 11.0 Å². The van der Waals surface area contributed by atoms with E-state index in [1.807, 2.05) is 0 Å². The number of fused-ring (bicyclic) bond motifs is 6. The molecule has 0 fully saturated rings. The van der Waals surface area contributed by atoms with Gasteiger partial charge in [0.1, 0.15) is 54.9 Å². The van der Waals surface area contributed by atoms with Crippen LogP contribution >= 0.6 is 0 Å². The first-order valence-electron chi connectivity index (χ1n) is 24.3. The second kappa shape index (κ2) is 16.8. The van der Waals surface area contributed by atoms with Crippen molar-refractivity contribution < 1.29 is 0 Å². The lowest BCUT2D eigenvalue weighted by Crippen LogP contribution is -2.48. The Kier molecular flexibility index (Phi) is 10.4. The molecular weight excluding hydrogens is 824 g/mol. The maximum atomic E-state index is 2.58. The highest BCUT2D eigenvalue weighted by atomic mass is 15.0. The van der Waals surface area contributed by atoms with Gasteiger partial charge in [-0.2, -0.15) is 0 Å². The van der Waals surface area contributed by atoms with Crippen molar-refractivity contribution in [1.82, 2.24) is 9.13 Å². The van der Waals surface area contributed by atoms with Gasteiger partial charge in [0.15, 0.2) is 0 Å². The maximum Gasteiger partial charge on any atom is 0.141 e. The predicted octanol–water partition coefficient (Wildman–Crippen LogP) is 4.02. The number of nitrogens with zero attached hydrogens (tertiary/aromatic N) is 2. The summed E-state index contributed by atoms with van der Waals surface area (Å²) in [4.78, 5) is 0. The van der Waals surface area contributed by atoms with Gasteiger partial charge in [-0.05, 0) is 103 Å². The lowest BCUT2D eigenvalue weighted by molar-refractivity contribution is 1.18. The largest absolute Gasteiger partial charge is 0.310 e. The first-order chi connectivity index (χ1) is 33.7. The Balaban J connectivity index is 1.07. The van der Waals surface area contributed by atoms with Gasteiger partial charge >= 0.3 is 0 Å². The van der Waals surface area contributed by atoms with Crippen LogP contribution in [0.1, 0.15) is 0 Å². The Morgan fingerprint density at radius 3 is 1.36 bits per heavy atom. The summed E-state index contributed by atoms with van der Waals surface area (Å²) in [5.41, 5.74) is 29.0. The highest BCUT2D eigenvalue weighted by Crippen LogP contribution is 2.41. The quantitative estimate of drug-likeness (QED) is 0.215. The van der Waals surface area contributed by atoms with Gasteiger partial charge in [0.2, 0.25) is 0 Å². The third-order valence-corrected chi connectivity index (χ3v) is 15.5. The fourth-order valence-electron chi connectivity index (χ4n) is 11.5. The Labute approximate surface area is 410 Å². The summed E-state index contributed by atoms with van der Waals surface area (Å²) in [5, 5.41) is 5.22. The van der Waals surface area contributed by atoms with Crippen LogP contribution in [0.3, 0.4) is 0 Å². The summed E-state index contributed by atoms with van der Waals surface area (Å²) < 4.78 is 5.05. The highest BCUT2D eigenvalue weighted by molar-refractivity contribution is 6.69. The summed E-state index contributed by atoms with van der Waals surface area (Å²) in [5.74, 6) is 0. The lowest BCUT2D eigenvalue weighted by atomic mass is 9.64. The molecule has 9 heteroatoms. The molecular formula is C60H47B7N2. The van der Waals surface area contributed by atoms with E-state index in [2.05, 4.69) is 264 Å². The molecule has 0 amide bonds. The second-order valence-electron chi connectivity index (χ2n) is 19.1. The molecule has 0 radical (unpaired) electrons. The number of benzene rings is 10. The standard InChI is InChI=1S/C60H47B7N2/c61-52-48(53(62)57(66)59-50(52)51-54(63)55(64)56(65)58(67)60(51)69(59)43-19-10-18-40(32-43)35-14-6-2-7-15-35)41-28-31-46-45(33-41)49-44(39-16-8-3-9-17-39)20-11-21-47(49)68(46)42-29-26-38(27-30-42)37-24-22-36(23-25-37)34-12-4-1-5-13-34/h1-33H,61-67H2. The van der Waals surface area contributed by atoms with E-state index in [1.165, 1.54) is 143 Å². The SMILES string of the molecule is Bc1c(B)c(B)c2c(c1B)c1c(B)c(-c3ccc4c(c3)c3c(-c5ccccc5)cccc3n4-c3ccc(-c4ccc(-c5ccccc5)cc4)cc3)c(B)c(B)c1n2-c1cccc(-c2ccccc2)c1. The Hall–Kier alpha value is -7.75. The van der Waals surface area contributed by atoms with Gasteiger partial charge in [0, 0.05) is 38.6 Å². The molecule has 12 aromatic rings. The van der Waals surface area contributed by atoms with Crippen LogP contribution in [0.15, 0.2) is 200 Å². The molecule has 0 aliphatic heterocycles. The van der Waals surface area contributed by atoms with E-state index in [0.717, 1.165) is 5.69 Å². The van der Waals surface area contributed by atoms with Crippen molar-refractivity contribution in [2.45, 2.75) is 0 Å². The van der Waals surface area contributed by atoms with Gasteiger partial charge in [0.25, 0.3) is 0 Å². The summed E-state index contributed by atoms with van der Waals surface area (Å²) >= 11 is 0. The molecule has 0 aliphatic rings. The molecule has 0 N–H and O–H groups in total. The predicted molar refractivity (Wildman–Crippen MR) is 320 cm³/mol. The molecule has 10 aromatic carbocycles.